The maximum atomic E-state index is 9.05. The summed E-state index contributed by atoms with van der Waals surface area (Å²) in [6.07, 6.45) is -0.693. The van der Waals surface area contributed by atoms with E-state index in [2.05, 4.69) is 10.3 Å². The smallest absolute Gasteiger partial charge is 0.215 e. The highest BCUT2D eigenvalue weighted by Gasteiger charge is 2.04. The SMILES string of the molecule is COc1ccc(N)c(NC(C)O)n1. The molecule has 0 aliphatic heterocycles. The van der Waals surface area contributed by atoms with Crippen molar-refractivity contribution in [2.45, 2.75) is 13.2 Å². The van der Waals surface area contributed by atoms with Crippen molar-refractivity contribution in [3.05, 3.63) is 12.1 Å². The minimum absolute atomic E-state index is 0.425. The van der Waals surface area contributed by atoms with Gasteiger partial charge < -0.3 is 20.9 Å². The number of pyridine rings is 1. The number of nitrogen functional groups attached to an aromatic ring is 1. The predicted molar refractivity (Wildman–Crippen MR) is 50.5 cm³/mol. The zero-order chi connectivity index (χ0) is 9.84. The molecular formula is C8H13N3O2. The van der Waals surface area contributed by atoms with Crippen molar-refractivity contribution in [3.8, 4) is 5.88 Å². The van der Waals surface area contributed by atoms with Crippen LogP contribution in [-0.4, -0.2) is 23.4 Å². The summed E-state index contributed by atoms with van der Waals surface area (Å²) in [6, 6.07) is 3.32. The van der Waals surface area contributed by atoms with Gasteiger partial charge in [0.1, 0.15) is 6.23 Å². The number of hydrogen-bond acceptors (Lipinski definition) is 5. The van der Waals surface area contributed by atoms with Crippen LogP contribution in [0.25, 0.3) is 0 Å². The molecule has 0 spiro atoms. The van der Waals surface area contributed by atoms with Crippen LogP contribution >= 0.6 is 0 Å². The van der Waals surface area contributed by atoms with Crippen LogP contribution in [0.2, 0.25) is 0 Å². The van der Waals surface area contributed by atoms with Gasteiger partial charge >= 0.3 is 0 Å². The molecule has 1 atom stereocenters. The predicted octanol–water partition coefficient (Wildman–Crippen LogP) is 0.423. The number of rotatable bonds is 3. The van der Waals surface area contributed by atoms with E-state index in [0.29, 0.717) is 17.4 Å². The number of anilines is 2. The molecule has 0 aromatic carbocycles. The summed E-state index contributed by atoms with van der Waals surface area (Å²) in [6.45, 7) is 1.58. The molecule has 1 aromatic rings. The first-order chi connectivity index (χ1) is 6.13. The second-order valence-corrected chi connectivity index (χ2v) is 2.61. The minimum Gasteiger partial charge on any atom is -0.481 e. The molecule has 13 heavy (non-hydrogen) atoms. The van der Waals surface area contributed by atoms with Crippen LogP contribution in [0.15, 0.2) is 12.1 Å². The van der Waals surface area contributed by atoms with E-state index in [4.69, 9.17) is 15.6 Å². The van der Waals surface area contributed by atoms with E-state index < -0.39 is 6.23 Å². The van der Waals surface area contributed by atoms with Crippen LogP contribution in [0.1, 0.15) is 6.92 Å². The zero-order valence-electron chi connectivity index (χ0n) is 7.61. The van der Waals surface area contributed by atoms with E-state index in [1.807, 2.05) is 0 Å². The molecule has 0 bridgehead atoms. The summed E-state index contributed by atoms with van der Waals surface area (Å²) in [5.41, 5.74) is 6.07. The number of ether oxygens (including phenoxy) is 1. The maximum Gasteiger partial charge on any atom is 0.215 e. The van der Waals surface area contributed by atoms with E-state index in [-0.39, 0.29) is 0 Å². The minimum atomic E-state index is -0.693. The Morgan fingerprint density at radius 3 is 2.85 bits per heavy atom. The number of aliphatic hydroxyl groups is 1. The molecule has 0 amide bonds. The van der Waals surface area contributed by atoms with Gasteiger partial charge in [0.15, 0.2) is 5.82 Å². The third kappa shape index (κ3) is 2.48. The second-order valence-electron chi connectivity index (χ2n) is 2.61. The van der Waals surface area contributed by atoms with E-state index >= 15 is 0 Å². The maximum absolute atomic E-state index is 9.05. The molecule has 0 saturated carbocycles. The van der Waals surface area contributed by atoms with Gasteiger partial charge in [-0.1, -0.05) is 0 Å². The molecule has 1 heterocycles. The number of methoxy groups -OCH3 is 1. The molecule has 72 valence electrons. The fraction of sp³-hybridized carbons (Fsp3) is 0.375. The van der Waals surface area contributed by atoms with Gasteiger partial charge in [-0.3, -0.25) is 0 Å². The summed E-state index contributed by atoms with van der Waals surface area (Å²) in [7, 11) is 1.52. The van der Waals surface area contributed by atoms with Crippen LogP contribution in [0.3, 0.4) is 0 Å². The standard InChI is InChI=1S/C8H13N3O2/c1-5(12)10-8-6(9)3-4-7(11-8)13-2/h3-5,12H,9H2,1-2H3,(H,10,11). The van der Waals surface area contributed by atoms with Crippen LogP contribution in [0, 0.1) is 0 Å². The number of nitrogens with one attached hydrogen (secondary N) is 1. The lowest BCUT2D eigenvalue weighted by Crippen LogP contribution is -2.15. The van der Waals surface area contributed by atoms with Crippen molar-refractivity contribution < 1.29 is 9.84 Å². The van der Waals surface area contributed by atoms with E-state index in [1.165, 1.54) is 7.11 Å². The third-order valence-electron chi connectivity index (χ3n) is 1.46. The summed E-state index contributed by atoms with van der Waals surface area (Å²) >= 11 is 0. The molecule has 0 fully saturated rings. The molecule has 1 unspecified atom stereocenters. The highest BCUT2D eigenvalue weighted by Crippen LogP contribution is 2.19. The Morgan fingerprint density at radius 1 is 1.62 bits per heavy atom. The van der Waals surface area contributed by atoms with E-state index in [9.17, 15) is 0 Å². The first kappa shape index (κ1) is 9.60. The lowest BCUT2D eigenvalue weighted by molar-refractivity contribution is 0.224. The number of nitrogens with two attached hydrogens (primary N) is 1. The Kier molecular flexibility index (Phi) is 2.92. The molecular weight excluding hydrogens is 170 g/mol. The largest absolute Gasteiger partial charge is 0.481 e. The third-order valence-corrected chi connectivity index (χ3v) is 1.46. The van der Waals surface area contributed by atoms with E-state index in [0.717, 1.165) is 0 Å². The van der Waals surface area contributed by atoms with E-state index in [1.54, 1.807) is 19.1 Å². The molecule has 4 N–H and O–H groups in total. The van der Waals surface area contributed by atoms with Crippen molar-refractivity contribution in [3.63, 3.8) is 0 Å². The van der Waals surface area contributed by atoms with Gasteiger partial charge in [0.2, 0.25) is 5.88 Å². The topological polar surface area (TPSA) is 80.4 Å². The summed E-state index contributed by atoms with van der Waals surface area (Å²) < 4.78 is 4.90. The Hall–Kier alpha value is -1.49. The van der Waals surface area contributed by atoms with Crippen LogP contribution in [-0.2, 0) is 0 Å². The molecule has 0 radical (unpaired) electrons. The lowest BCUT2D eigenvalue weighted by Gasteiger charge is -2.11. The van der Waals surface area contributed by atoms with Gasteiger partial charge in [-0.05, 0) is 13.0 Å². The van der Waals surface area contributed by atoms with Crippen LogP contribution < -0.4 is 15.8 Å². The molecule has 0 aliphatic carbocycles. The van der Waals surface area contributed by atoms with Gasteiger partial charge in [0.25, 0.3) is 0 Å². The average molecular weight is 183 g/mol. The summed E-state index contributed by atoms with van der Waals surface area (Å²) in [4.78, 5) is 4.01. The molecule has 5 nitrogen and oxygen atoms in total. The number of aliphatic hydroxyl groups excluding tert-OH is 1. The Balaban J connectivity index is 2.90. The van der Waals surface area contributed by atoms with Gasteiger partial charge in [0, 0.05) is 6.07 Å². The monoisotopic (exact) mass is 183 g/mol. The average Bonchev–Trinajstić information content (AvgIpc) is 2.08. The van der Waals surface area contributed by atoms with Crippen molar-refractivity contribution in [1.29, 1.82) is 0 Å². The Bertz CT molecular complexity index is 289. The zero-order valence-corrected chi connectivity index (χ0v) is 7.61. The first-order valence-electron chi connectivity index (χ1n) is 3.88. The molecule has 0 aliphatic rings. The fourth-order valence-electron chi connectivity index (χ4n) is 0.879. The Labute approximate surface area is 76.5 Å². The van der Waals surface area contributed by atoms with Crippen LogP contribution in [0.4, 0.5) is 11.5 Å². The quantitative estimate of drug-likeness (QED) is 0.592. The normalized spacial score (nSPS) is 12.2. The molecule has 1 aromatic heterocycles. The second kappa shape index (κ2) is 3.95. The van der Waals surface area contributed by atoms with Gasteiger partial charge in [-0.15, -0.1) is 0 Å². The molecule has 1 rings (SSSR count). The van der Waals surface area contributed by atoms with Gasteiger partial charge in [-0.2, -0.15) is 4.98 Å². The van der Waals surface area contributed by atoms with Crippen molar-refractivity contribution in [2.24, 2.45) is 0 Å². The lowest BCUT2D eigenvalue weighted by atomic mass is 10.4. The fourth-order valence-corrected chi connectivity index (χ4v) is 0.879. The Morgan fingerprint density at radius 2 is 2.31 bits per heavy atom. The first-order valence-corrected chi connectivity index (χ1v) is 3.88. The molecule has 5 heteroatoms. The van der Waals surface area contributed by atoms with Crippen molar-refractivity contribution in [1.82, 2.24) is 4.98 Å². The highest BCUT2D eigenvalue weighted by molar-refractivity contribution is 5.62. The van der Waals surface area contributed by atoms with Gasteiger partial charge in [-0.25, -0.2) is 0 Å². The number of nitrogens with zero attached hydrogens (tertiary/aromatic N) is 1. The van der Waals surface area contributed by atoms with Gasteiger partial charge in [0.05, 0.1) is 12.8 Å². The number of hydrogen-bond donors (Lipinski definition) is 3. The summed E-state index contributed by atoms with van der Waals surface area (Å²) in [5, 5.41) is 11.7. The van der Waals surface area contributed by atoms with Crippen LogP contribution in [0.5, 0.6) is 5.88 Å². The van der Waals surface area contributed by atoms with Crippen molar-refractivity contribution in [2.75, 3.05) is 18.2 Å². The number of aromatic nitrogens is 1. The molecule has 0 saturated heterocycles. The summed E-state index contributed by atoms with van der Waals surface area (Å²) in [5.74, 6) is 0.881. The van der Waals surface area contributed by atoms with Crippen molar-refractivity contribution >= 4 is 11.5 Å². The highest BCUT2D eigenvalue weighted by atomic mass is 16.5.